The van der Waals surface area contributed by atoms with Crippen molar-refractivity contribution < 1.29 is 13.5 Å². The molecular formula is C20H27F2N7O. The molecule has 1 aromatic carbocycles. The number of benzene rings is 1. The van der Waals surface area contributed by atoms with Crippen molar-refractivity contribution in [1.82, 2.24) is 25.5 Å². The van der Waals surface area contributed by atoms with E-state index in [1.807, 2.05) is 6.07 Å². The molecule has 0 aliphatic carbocycles. The fourth-order valence-corrected chi connectivity index (χ4v) is 3.22. The number of aromatic nitrogens is 2. The fourth-order valence-electron chi connectivity index (χ4n) is 3.22. The van der Waals surface area contributed by atoms with Gasteiger partial charge in [-0.05, 0) is 12.1 Å². The minimum absolute atomic E-state index is 0.163. The number of guanidine groups is 1. The molecule has 2 heterocycles. The van der Waals surface area contributed by atoms with Crippen LogP contribution in [-0.2, 0) is 6.54 Å². The van der Waals surface area contributed by atoms with Gasteiger partial charge in [0, 0.05) is 70.8 Å². The van der Waals surface area contributed by atoms with E-state index in [0.717, 1.165) is 45.2 Å². The average molecular weight is 419 g/mol. The Morgan fingerprint density at radius 1 is 1.10 bits per heavy atom. The monoisotopic (exact) mass is 419 g/mol. The molecule has 3 rings (SSSR count). The molecule has 0 spiro atoms. The predicted octanol–water partition coefficient (Wildman–Crippen LogP) is 1.57. The summed E-state index contributed by atoms with van der Waals surface area (Å²) in [6, 6.07) is 8.54. The van der Waals surface area contributed by atoms with Gasteiger partial charge in [-0.25, -0.2) is 9.97 Å². The first-order valence-corrected chi connectivity index (χ1v) is 9.87. The van der Waals surface area contributed by atoms with E-state index in [1.54, 1.807) is 37.6 Å². The van der Waals surface area contributed by atoms with Crippen LogP contribution in [0.3, 0.4) is 0 Å². The molecule has 0 saturated carbocycles. The number of anilines is 1. The third-order valence-corrected chi connectivity index (χ3v) is 4.79. The molecule has 1 aliphatic heterocycles. The summed E-state index contributed by atoms with van der Waals surface area (Å²) in [5, 5.41) is 6.40. The van der Waals surface area contributed by atoms with Gasteiger partial charge in [0.2, 0.25) is 5.95 Å². The minimum atomic E-state index is -2.85. The lowest BCUT2D eigenvalue weighted by Crippen LogP contribution is -2.49. The number of alkyl halides is 2. The number of para-hydroxylation sites is 1. The smallest absolute Gasteiger partial charge is 0.387 e. The van der Waals surface area contributed by atoms with Gasteiger partial charge in [0.05, 0.1) is 0 Å². The van der Waals surface area contributed by atoms with Crippen LogP contribution >= 0.6 is 0 Å². The van der Waals surface area contributed by atoms with Gasteiger partial charge in [-0.2, -0.15) is 8.78 Å². The number of nitrogens with one attached hydrogen (secondary N) is 2. The first-order chi connectivity index (χ1) is 14.7. The summed E-state index contributed by atoms with van der Waals surface area (Å²) in [7, 11) is 1.68. The molecule has 1 saturated heterocycles. The Hall–Kier alpha value is -3.01. The summed E-state index contributed by atoms with van der Waals surface area (Å²) in [5.41, 5.74) is 0.639. The van der Waals surface area contributed by atoms with Crippen molar-refractivity contribution in [3.8, 4) is 5.75 Å². The van der Waals surface area contributed by atoms with Gasteiger partial charge in [0.25, 0.3) is 0 Å². The summed E-state index contributed by atoms with van der Waals surface area (Å²) in [6.07, 6.45) is 3.52. The predicted molar refractivity (Wildman–Crippen MR) is 112 cm³/mol. The molecule has 1 aromatic heterocycles. The van der Waals surface area contributed by atoms with E-state index in [0.29, 0.717) is 18.1 Å². The normalized spacial score (nSPS) is 15.3. The van der Waals surface area contributed by atoms with Crippen LogP contribution in [-0.4, -0.2) is 73.8 Å². The number of aliphatic imine (C=N–C) groups is 1. The average Bonchev–Trinajstić information content (AvgIpc) is 2.77. The highest BCUT2D eigenvalue weighted by atomic mass is 19.3. The van der Waals surface area contributed by atoms with Crippen LogP contribution in [0.5, 0.6) is 5.75 Å². The Balaban J connectivity index is 1.38. The maximum atomic E-state index is 12.5. The van der Waals surface area contributed by atoms with Crippen molar-refractivity contribution in [3.05, 3.63) is 48.3 Å². The first kappa shape index (κ1) is 21.7. The van der Waals surface area contributed by atoms with E-state index in [-0.39, 0.29) is 5.75 Å². The van der Waals surface area contributed by atoms with Gasteiger partial charge in [-0.15, -0.1) is 0 Å². The highest BCUT2D eigenvalue weighted by Crippen LogP contribution is 2.19. The van der Waals surface area contributed by atoms with Crippen molar-refractivity contribution in [2.75, 3.05) is 51.2 Å². The maximum absolute atomic E-state index is 12.5. The van der Waals surface area contributed by atoms with Gasteiger partial charge in [-0.1, -0.05) is 18.2 Å². The molecule has 1 aliphatic rings. The summed E-state index contributed by atoms with van der Waals surface area (Å²) >= 11 is 0. The van der Waals surface area contributed by atoms with Crippen LogP contribution in [0.4, 0.5) is 14.7 Å². The second-order valence-corrected chi connectivity index (χ2v) is 6.72. The molecule has 30 heavy (non-hydrogen) atoms. The maximum Gasteiger partial charge on any atom is 0.387 e. The second kappa shape index (κ2) is 11.2. The summed E-state index contributed by atoms with van der Waals surface area (Å²) in [4.78, 5) is 17.3. The Morgan fingerprint density at radius 3 is 2.53 bits per heavy atom. The van der Waals surface area contributed by atoms with Gasteiger partial charge in [0.15, 0.2) is 5.96 Å². The Bertz CT molecular complexity index is 799. The molecule has 8 nitrogen and oxygen atoms in total. The van der Waals surface area contributed by atoms with Gasteiger partial charge < -0.3 is 20.3 Å². The number of rotatable bonds is 8. The molecular weight excluding hydrogens is 392 g/mol. The standard InChI is InChI=1S/C20H27F2N7O/c1-23-19(27-15-16-5-2-3-6-17(16)30-18(21)22)24-9-10-28-11-13-29(14-12-28)20-25-7-4-8-26-20/h2-8,18H,9-15H2,1H3,(H2,23,24,27). The molecule has 10 heteroatoms. The molecule has 162 valence electrons. The van der Waals surface area contributed by atoms with E-state index in [1.165, 1.54) is 6.07 Å². The highest BCUT2D eigenvalue weighted by Gasteiger charge is 2.18. The molecule has 2 aromatic rings. The topological polar surface area (TPSA) is 77.9 Å². The molecule has 2 N–H and O–H groups in total. The van der Waals surface area contributed by atoms with Crippen LogP contribution in [0.2, 0.25) is 0 Å². The third kappa shape index (κ3) is 6.51. The Labute approximate surface area is 175 Å². The van der Waals surface area contributed by atoms with E-state index in [9.17, 15) is 8.78 Å². The molecule has 0 bridgehead atoms. The lowest BCUT2D eigenvalue weighted by Gasteiger charge is -2.34. The number of piperazine rings is 1. The van der Waals surface area contributed by atoms with Crippen molar-refractivity contribution in [1.29, 1.82) is 0 Å². The molecule has 0 amide bonds. The number of ether oxygens (including phenoxy) is 1. The molecule has 0 radical (unpaired) electrons. The number of nitrogens with zero attached hydrogens (tertiary/aromatic N) is 5. The number of halogens is 2. The first-order valence-electron chi connectivity index (χ1n) is 9.87. The molecule has 1 fully saturated rings. The summed E-state index contributed by atoms with van der Waals surface area (Å²) in [5.74, 6) is 1.55. The SMILES string of the molecule is CN=C(NCCN1CCN(c2ncccn2)CC1)NCc1ccccc1OC(F)F. The quantitative estimate of drug-likeness (QED) is 0.497. The van der Waals surface area contributed by atoms with Crippen LogP contribution in [0.1, 0.15) is 5.56 Å². The van der Waals surface area contributed by atoms with E-state index in [2.05, 4.69) is 40.1 Å². The van der Waals surface area contributed by atoms with E-state index < -0.39 is 6.61 Å². The zero-order valence-electron chi connectivity index (χ0n) is 17.0. The zero-order chi connectivity index (χ0) is 21.2. The van der Waals surface area contributed by atoms with Crippen molar-refractivity contribution in [3.63, 3.8) is 0 Å². The number of hydrogen-bond donors (Lipinski definition) is 2. The van der Waals surface area contributed by atoms with Crippen LogP contribution in [0.25, 0.3) is 0 Å². The van der Waals surface area contributed by atoms with Crippen LogP contribution in [0.15, 0.2) is 47.7 Å². The van der Waals surface area contributed by atoms with Crippen LogP contribution in [0, 0.1) is 0 Å². The molecule has 0 atom stereocenters. The van der Waals surface area contributed by atoms with Crippen molar-refractivity contribution in [2.45, 2.75) is 13.2 Å². The lowest BCUT2D eigenvalue weighted by molar-refractivity contribution is -0.0504. The van der Waals surface area contributed by atoms with E-state index >= 15 is 0 Å². The Morgan fingerprint density at radius 2 is 1.83 bits per heavy atom. The van der Waals surface area contributed by atoms with Crippen molar-refractivity contribution >= 4 is 11.9 Å². The Kier molecular flexibility index (Phi) is 8.13. The second-order valence-electron chi connectivity index (χ2n) is 6.72. The fraction of sp³-hybridized carbons (Fsp3) is 0.450. The summed E-state index contributed by atoms with van der Waals surface area (Å²) < 4.78 is 29.6. The third-order valence-electron chi connectivity index (χ3n) is 4.79. The van der Waals surface area contributed by atoms with Gasteiger partial charge in [0.1, 0.15) is 5.75 Å². The largest absolute Gasteiger partial charge is 0.434 e. The van der Waals surface area contributed by atoms with E-state index in [4.69, 9.17) is 0 Å². The van der Waals surface area contributed by atoms with Crippen molar-refractivity contribution in [2.24, 2.45) is 4.99 Å². The molecule has 0 unspecified atom stereocenters. The summed E-state index contributed by atoms with van der Waals surface area (Å²) in [6.45, 7) is 2.71. The lowest BCUT2D eigenvalue weighted by atomic mass is 10.2. The van der Waals surface area contributed by atoms with Crippen LogP contribution < -0.4 is 20.3 Å². The number of hydrogen-bond acceptors (Lipinski definition) is 6. The van der Waals surface area contributed by atoms with Gasteiger partial charge >= 0.3 is 6.61 Å². The minimum Gasteiger partial charge on any atom is -0.434 e. The zero-order valence-corrected chi connectivity index (χ0v) is 17.0. The highest BCUT2D eigenvalue weighted by molar-refractivity contribution is 5.79. The van der Waals surface area contributed by atoms with Gasteiger partial charge in [-0.3, -0.25) is 9.89 Å².